The number of hydrogen-bond donors (Lipinski definition) is 2. The summed E-state index contributed by atoms with van der Waals surface area (Å²) in [5.74, 6) is 2.07. The van der Waals surface area contributed by atoms with Crippen molar-refractivity contribution in [3.63, 3.8) is 0 Å². The molecule has 3 aromatic rings. The van der Waals surface area contributed by atoms with Crippen LogP contribution in [0.25, 0.3) is 22.3 Å². The van der Waals surface area contributed by atoms with Gasteiger partial charge in [0.15, 0.2) is 0 Å². The molecule has 280 valence electrons. The minimum atomic E-state index is -0.427. The van der Waals surface area contributed by atoms with Gasteiger partial charge in [-0.1, -0.05) is 99.1 Å². The lowest BCUT2D eigenvalue weighted by Crippen LogP contribution is -2.24. The molecule has 0 saturated carbocycles. The third kappa shape index (κ3) is 10.2. The summed E-state index contributed by atoms with van der Waals surface area (Å²) in [5.41, 5.74) is 12.5. The van der Waals surface area contributed by atoms with E-state index in [1.165, 1.54) is 38.2 Å². The summed E-state index contributed by atoms with van der Waals surface area (Å²) in [7, 11) is 2.84. The van der Waals surface area contributed by atoms with E-state index >= 15 is 4.39 Å². The van der Waals surface area contributed by atoms with E-state index in [-0.39, 0.29) is 11.5 Å². The average Bonchev–Trinajstić information content (AvgIpc) is 3.82. The number of aliphatic hydroxyl groups is 1. The first-order valence-corrected chi connectivity index (χ1v) is 20.1. The predicted molar refractivity (Wildman–Crippen MR) is 219 cm³/mol. The number of anilines is 2. The Morgan fingerprint density at radius 2 is 1.82 bits per heavy atom. The molecule has 3 atom stereocenters. The second-order valence-electron chi connectivity index (χ2n) is 14.6. The Balaban J connectivity index is 0.000000461. The highest BCUT2D eigenvalue weighted by Crippen LogP contribution is 2.46. The van der Waals surface area contributed by atoms with Crippen LogP contribution in [-0.2, 0) is 18.0 Å². The van der Waals surface area contributed by atoms with E-state index in [4.69, 9.17) is 15.5 Å². The van der Waals surface area contributed by atoms with Crippen molar-refractivity contribution in [1.29, 1.82) is 5.26 Å². The molecule has 3 N–H and O–H groups in total. The molecule has 0 amide bonds. The first kappa shape index (κ1) is 42.5. The Morgan fingerprint density at radius 1 is 1.16 bits per heavy atom. The van der Waals surface area contributed by atoms with Gasteiger partial charge in [-0.05, 0) is 54.4 Å². The van der Waals surface area contributed by atoms with Crippen LogP contribution in [0.4, 0.5) is 15.3 Å². The van der Waals surface area contributed by atoms with E-state index in [0.29, 0.717) is 54.1 Å². The Bertz CT molecular complexity index is 1730. The summed E-state index contributed by atoms with van der Waals surface area (Å²) in [6, 6.07) is 2.23. The lowest BCUT2D eigenvalue weighted by atomic mass is 9.85. The van der Waals surface area contributed by atoms with Crippen LogP contribution >= 0.6 is 20.6 Å². The molecule has 0 bridgehead atoms. The van der Waals surface area contributed by atoms with Gasteiger partial charge in [-0.15, -0.1) is 20.6 Å². The number of fused-ring (bicyclic) bond motifs is 3. The number of ether oxygens (including phenoxy) is 1. The van der Waals surface area contributed by atoms with Crippen molar-refractivity contribution in [3.05, 3.63) is 50.5 Å². The zero-order valence-electron chi connectivity index (χ0n) is 32.6. The van der Waals surface area contributed by atoms with Crippen molar-refractivity contribution < 1.29 is 14.2 Å². The number of benzene rings is 1. The van der Waals surface area contributed by atoms with Gasteiger partial charge in [0, 0.05) is 41.5 Å². The van der Waals surface area contributed by atoms with Gasteiger partial charge in [0.05, 0.1) is 35.3 Å². The first-order valence-electron chi connectivity index (χ1n) is 18.7. The summed E-state index contributed by atoms with van der Waals surface area (Å²) in [4.78, 5) is 12.0. The van der Waals surface area contributed by atoms with Crippen molar-refractivity contribution >= 4 is 59.1 Å². The maximum atomic E-state index is 15.2. The van der Waals surface area contributed by atoms with Gasteiger partial charge in [0.25, 0.3) is 0 Å². The third-order valence-corrected chi connectivity index (χ3v) is 11.4. The smallest absolute Gasteiger partial charge is 0.225 e. The van der Waals surface area contributed by atoms with Crippen molar-refractivity contribution in [2.75, 3.05) is 23.7 Å². The quantitative estimate of drug-likeness (QED) is 0.157. The van der Waals surface area contributed by atoms with Crippen LogP contribution in [0.15, 0.2) is 17.8 Å². The van der Waals surface area contributed by atoms with Crippen LogP contribution in [0.3, 0.4) is 0 Å². The van der Waals surface area contributed by atoms with Gasteiger partial charge in [0.1, 0.15) is 16.9 Å². The number of rotatable bonds is 10. The molecule has 0 aliphatic carbocycles. The van der Waals surface area contributed by atoms with Crippen LogP contribution in [0.5, 0.6) is 0 Å². The molecule has 3 unspecified atom stereocenters. The minimum absolute atomic E-state index is 0.129. The van der Waals surface area contributed by atoms with Crippen LogP contribution in [0, 0.1) is 29.1 Å². The molecule has 1 aromatic carbocycles. The van der Waals surface area contributed by atoms with Crippen LogP contribution in [0.1, 0.15) is 140 Å². The number of nitrogens with two attached hydrogens (primary N) is 1. The highest BCUT2D eigenvalue weighted by molar-refractivity contribution is 7.28. The predicted octanol–water partition coefficient (Wildman–Crippen LogP) is 10.3. The summed E-state index contributed by atoms with van der Waals surface area (Å²) < 4.78 is 21.2. The van der Waals surface area contributed by atoms with Crippen LogP contribution in [-0.4, -0.2) is 34.3 Å². The van der Waals surface area contributed by atoms with E-state index in [9.17, 15) is 10.4 Å². The van der Waals surface area contributed by atoms with E-state index in [0.717, 1.165) is 67.2 Å². The topological polar surface area (TPSA) is 108 Å². The fourth-order valence-electron chi connectivity index (χ4n) is 6.15. The summed E-state index contributed by atoms with van der Waals surface area (Å²) in [6.07, 6.45) is 10.4. The standard InChI is InChI=1S/C28H31FN5O2PS.C8H18.C5H12/c1-5-13(3)21(23-15(7-30)27(31)38-26(23)19(29)6-2)22-18-12-36-11-17(18)16-8-32-28(33-24(16)25(22)37)34-9-14(4)20(35)10-34;1-4-5-6-7-8(2)3;1-4-5(2)3/h6,8,14,20,35H,5,9-12,31,37H2,1-4H3;8H,4-7H2,1-3H3;5H,4H2,1-3H3/b19-6+,21-13?;;. The molecule has 2 aliphatic rings. The zero-order valence-corrected chi connectivity index (χ0v) is 34.6. The van der Waals surface area contributed by atoms with E-state index < -0.39 is 11.9 Å². The molecule has 4 heterocycles. The summed E-state index contributed by atoms with van der Waals surface area (Å²) in [6.45, 7) is 23.1. The number of nitrogen functional groups attached to an aromatic ring is 1. The molecule has 1 fully saturated rings. The fraction of sp³-hybridized carbons (Fsp3) is 0.585. The molecule has 10 heteroatoms. The second kappa shape index (κ2) is 19.8. The largest absolute Gasteiger partial charge is 0.391 e. The Kier molecular flexibility index (Phi) is 16.5. The average molecular weight is 738 g/mol. The summed E-state index contributed by atoms with van der Waals surface area (Å²) >= 11 is 1.10. The van der Waals surface area contributed by atoms with E-state index in [1.54, 1.807) is 6.92 Å². The molecular weight excluding hydrogens is 677 g/mol. The molecule has 5 rings (SSSR count). The fourth-order valence-corrected chi connectivity index (χ4v) is 7.68. The SMILES string of the molecule is C/C=C(/F)c1sc(N)c(C#N)c1C(=C(C)CC)c1c2c(c3cnc(N4CC(C)C(O)C4)nc3c1P)COC2.CCC(C)C.CCCCCC(C)C. The zero-order chi connectivity index (χ0) is 38.0. The highest BCUT2D eigenvalue weighted by Gasteiger charge is 2.33. The Labute approximate surface area is 312 Å². The van der Waals surface area contributed by atoms with Crippen molar-refractivity contribution in [1.82, 2.24) is 9.97 Å². The monoisotopic (exact) mass is 737 g/mol. The molecular formula is C41H61FN5O2PS. The molecule has 7 nitrogen and oxygen atoms in total. The van der Waals surface area contributed by atoms with Gasteiger partial charge in [-0.3, -0.25) is 0 Å². The molecule has 2 aromatic heterocycles. The number of aromatic nitrogens is 2. The third-order valence-electron chi connectivity index (χ3n) is 9.82. The Morgan fingerprint density at radius 3 is 2.35 bits per heavy atom. The van der Waals surface area contributed by atoms with Crippen molar-refractivity contribution in [3.8, 4) is 6.07 Å². The number of hydrogen-bond acceptors (Lipinski definition) is 8. The number of unbranched alkanes of at least 4 members (excludes halogenated alkanes) is 2. The van der Waals surface area contributed by atoms with Gasteiger partial charge in [-0.25, -0.2) is 14.4 Å². The Hall–Kier alpha value is -2.89. The van der Waals surface area contributed by atoms with Crippen molar-refractivity contribution in [2.24, 2.45) is 17.8 Å². The number of allylic oxidation sites excluding steroid dienone is 2. The maximum absolute atomic E-state index is 15.2. The molecule has 2 aliphatic heterocycles. The number of nitriles is 1. The number of β-amino-alcohol motifs (C(OH)–C–C–N with tert-alkyl or cyclic N) is 1. The number of nitrogens with zero attached hydrogens (tertiary/aromatic N) is 4. The van der Waals surface area contributed by atoms with Gasteiger partial charge in [0.2, 0.25) is 5.95 Å². The lowest BCUT2D eigenvalue weighted by Gasteiger charge is -2.22. The molecule has 0 radical (unpaired) electrons. The minimum Gasteiger partial charge on any atom is -0.391 e. The van der Waals surface area contributed by atoms with Gasteiger partial charge < -0.3 is 20.5 Å². The molecule has 51 heavy (non-hydrogen) atoms. The highest BCUT2D eigenvalue weighted by atomic mass is 32.1. The normalized spacial score (nSPS) is 17.6. The van der Waals surface area contributed by atoms with Crippen molar-refractivity contribution in [2.45, 2.75) is 127 Å². The summed E-state index contributed by atoms with van der Waals surface area (Å²) in [5, 5.41) is 22.4. The maximum Gasteiger partial charge on any atom is 0.225 e. The van der Waals surface area contributed by atoms with Gasteiger partial charge in [-0.2, -0.15) is 5.26 Å². The molecule has 1 saturated heterocycles. The number of aliphatic hydroxyl groups excluding tert-OH is 1. The lowest BCUT2D eigenvalue weighted by molar-refractivity contribution is 0.135. The second-order valence-corrected chi connectivity index (χ2v) is 16.2. The first-order chi connectivity index (χ1) is 24.2. The van der Waals surface area contributed by atoms with E-state index in [2.05, 4.69) is 61.8 Å². The van der Waals surface area contributed by atoms with Crippen LogP contribution < -0.4 is 15.9 Å². The van der Waals surface area contributed by atoms with Gasteiger partial charge >= 0.3 is 0 Å². The number of thiophene rings is 1. The molecule has 0 spiro atoms. The van der Waals surface area contributed by atoms with Crippen LogP contribution in [0.2, 0.25) is 0 Å². The number of halogens is 1. The van der Waals surface area contributed by atoms with E-state index in [1.807, 2.05) is 31.9 Å².